The first-order chi connectivity index (χ1) is 15.0. The maximum Gasteiger partial charge on any atom is 0.431 e. The Bertz CT molecular complexity index is 1270. The van der Waals surface area contributed by atoms with E-state index < -0.39 is 47.2 Å². The molecule has 33 heavy (non-hydrogen) atoms. The van der Waals surface area contributed by atoms with E-state index >= 15 is 0 Å². The van der Waals surface area contributed by atoms with Crippen molar-refractivity contribution in [1.29, 1.82) is 0 Å². The minimum Gasteiger partial charge on any atom is -0.479 e. The van der Waals surface area contributed by atoms with Crippen LogP contribution in [0, 0.1) is 5.82 Å². The molecule has 0 amide bonds. The third-order valence-corrected chi connectivity index (χ3v) is 4.06. The zero-order valence-electron chi connectivity index (χ0n) is 15.4. The standard InChI is InChI=1S/C18H10ClF4N3O6.CH4/c19-8-4-9(20)10(26-14(27)6-13(18(21,22)23)25-17(26)30)5-12(8)32-11-2-1-3-24-16(11)31-7-15(28)29;/h1-6H,7H2,(H,25,30)(H,28,29);1H4. The summed E-state index contributed by atoms with van der Waals surface area (Å²) in [6, 6.07) is 4.27. The Morgan fingerprint density at radius 1 is 1.21 bits per heavy atom. The number of H-pyrrole nitrogens is 1. The molecule has 2 aromatic heterocycles. The van der Waals surface area contributed by atoms with E-state index in [-0.39, 0.29) is 40.5 Å². The molecule has 0 bridgehead atoms. The predicted octanol–water partition coefficient (Wildman–Crippen LogP) is 3.62. The third kappa shape index (κ3) is 5.68. The number of halogens is 5. The number of nitrogens with zero attached hydrogens (tertiary/aromatic N) is 2. The van der Waals surface area contributed by atoms with Gasteiger partial charge in [0.1, 0.15) is 17.3 Å². The van der Waals surface area contributed by atoms with Crippen molar-refractivity contribution in [1.82, 2.24) is 14.5 Å². The van der Waals surface area contributed by atoms with Gasteiger partial charge in [-0.2, -0.15) is 13.2 Å². The van der Waals surface area contributed by atoms with Gasteiger partial charge in [-0.1, -0.05) is 19.0 Å². The van der Waals surface area contributed by atoms with E-state index in [0.29, 0.717) is 6.07 Å². The lowest BCUT2D eigenvalue weighted by atomic mass is 10.2. The van der Waals surface area contributed by atoms with Crippen LogP contribution in [0.3, 0.4) is 0 Å². The van der Waals surface area contributed by atoms with Gasteiger partial charge in [0.25, 0.3) is 11.4 Å². The predicted molar refractivity (Wildman–Crippen MR) is 107 cm³/mol. The number of aromatic nitrogens is 3. The Labute approximate surface area is 186 Å². The van der Waals surface area contributed by atoms with Crippen LogP contribution in [0.1, 0.15) is 13.1 Å². The maximum absolute atomic E-state index is 14.5. The first kappa shape index (κ1) is 25.4. The highest BCUT2D eigenvalue weighted by atomic mass is 35.5. The SMILES string of the molecule is C.O=C(O)COc1ncccc1Oc1cc(-n2c(=O)cc(C(F)(F)F)[nH]c2=O)c(F)cc1Cl. The molecule has 2 N–H and O–H groups in total. The molecule has 0 fully saturated rings. The Balaban J connectivity index is 0.00000385. The van der Waals surface area contributed by atoms with Gasteiger partial charge in [0, 0.05) is 18.3 Å². The van der Waals surface area contributed by atoms with Crippen LogP contribution >= 0.6 is 11.6 Å². The van der Waals surface area contributed by atoms with E-state index in [9.17, 15) is 31.9 Å². The summed E-state index contributed by atoms with van der Waals surface area (Å²) in [5, 5.41) is 8.39. The molecule has 3 aromatic rings. The number of carboxylic acid groups (broad SMARTS) is 1. The average Bonchev–Trinajstić information content (AvgIpc) is 2.69. The van der Waals surface area contributed by atoms with E-state index in [1.54, 1.807) is 0 Å². The van der Waals surface area contributed by atoms with Crippen molar-refractivity contribution in [2.75, 3.05) is 6.61 Å². The fourth-order valence-corrected chi connectivity index (χ4v) is 2.64. The molecule has 2 heterocycles. The number of benzene rings is 1. The van der Waals surface area contributed by atoms with E-state index in [1.165, 1.54) is 23.3 Å². The van der Waals surface area contributed by atoms with Crippen molar-refractivity contribution in [2.45, 2.75) is 13.6 Å². The van der Waals surface area contributed by atoms with E-state index in [4.69, 9.17) is 26.2 Å². The van der Waals surface area contributed by atoms with Crippen molar-refractivity contribution < 1.29 is 36.9 Å². The van der Waals surface area contributed by atoms with Crippen molar-refractivity contribution in [2.24, 2.45) is 0 Å². The summed E-state index contributed by atoms with van der Waals surface area (Å²) in [5.74, 6) is -3.25. The summed E-state index contributed by atoms with van der Waals surface area (Å²) < 4.78 is 63.4. The van der Waals surface area contributed by atoms with Crippen molar-refractivity contribution in [3.05, 3.63) is 73.9 Å². The second-order valence-corrected chi connectivity index (χ2v) is 6.39. The minimum atomic E-state index is -5.00. The fraction of sp³-hybridized carbons (Fsp3) is 0.158. The molecular weight excluding hydrogens is 478 g/mol. The molecule has 3 rings (SSSR count). The fourth-order valence-electron chi connectivity index (χ4n) is 2.45. The molecule has 0 saturated carbocycles. The van der Waals surface area contributed by atoms with Crippen LogP contribution in [0.4, 0.5) is 17.6 Å². The van der Waals surface area contributed by atoms with Crippen LogP contribution in [-0.4, -0.2) is 32.2 Å². The Morgan fingerprint density at radius 3 is 2.52 bits per heavy atom. The number of ether oxygens (including phenoxy) is 2. The summed E-state index contributed by atoms with van der Waals surface area (Å²) >= 11 is 5.94. The third-order valence-electron chi connectivity index (χ3n) is 3.77. The van der Waals surface area contributed by atoms with Crippen LogP contribution in [0.15, 0.2) is 46.1 Å². The number of alkyl halides is 3. The molecule has 0 atom stereocenters. The Morgan fingerprint density at radius 2 is 1.91 bits per heavy atom. The molecule has 0 radical (unpaired) electrons. The normalized spacial score (nSPS) is 10.9. The highest BCUT2D eigenvalue weighted by Gasteiger charge is 2.33. The van der Waals surface area contributed by atoms with Crippen LogP contribution < -0.4 is 20.7 Å². The smallest absolute Gasteiger partial charge is 0.431 e. The molecule has 0 saturated heterocycles. The van der Waals surface area contributed by atoms with Gasteiger partial charge in [0.15, 0.2) is 12.4 Å². The largest absolute Gasteiger partial charge is 0.479 e. The number of carboxylic acids is 1. The molecule has 0 unspecified atom stereocenters. The summed E-state index contributed by atoms with van der Waals surface area (Å²) in [6.07, 6.45) is -3.74. The quantitative estimate of drug-likeness (QED) is 0.505. The molecule has 0 aliphatic heterocycles. The Hall–Kier alpha value is -3.87. The summed E-state index contributed by atoms with van der Waals surface area (Å²) in [6.45, 7) is -0.758. The van der Waals surface area contributed by atoms with Crippen LogP contribution in [0.2, 0.25) is 5.02 Å². The lowest BCUT2D eigenvalue weighted by Crippen LogP contribution is -2.36. The Kier molecular flexibility index (Phi) is 7.49. The first-order valence-corrected chi connectivity index (χ1v) is 8.75. The zero-order chi connectivity index (χ0) is 23.6. The second kappa shape index (κ2) is 9.73. The van der Waals surface area contributed by atoms with Gasteiger partial charge in [-0.15, -0.1) is 0 Å². The van der Waals surface area contributed by atoms with Crippen LogP contribution in [0.25, 0.3) is 5.69 Å². The van der Waals surface area contributed by atoms with Gasteiger partial charge >= 0.3 is 17.8 Å². The topological polar surface area (TPSA) is 124 Å². The van der Waals surface area contributed by atoms with Crippen LogP contribution in [-0.2, 0) is 11.0 Å². The molecule has 0 aliphatic carbocycles. The summed E-state index contributed by atoms with van der Waals surface area (Å²) in [5.41, 5.74) is -5.37. The van der Waals surface area contributed by atoms with Gasteiger partial charge in [0.2, 0.25) is 0 Å². The number of nitrogens with one attached hydrogen (secondary N) is 1. The highest BCUT2D eigenvalue weighted by Crippen LogP contribution is 2.36. The van der Waals surface area contributed by atoms with E-state index in [2.05, 4.69) is 4.98 Å². The first-order valence-electron chi connectivity index (χ1n) is 8.38. The number of hydrogen-bond acceptors (Lipinski definition) is 6. The van der Waals surface area contributed by atoms with Gasteiger partial charge in [-0.25, -0.2) is 23.5 Å². The molecule has 9 nitrogen and oxygen atoms in total. The lowest BCUT2D eigenvalue weighted by molar-refractivity contribution is -0.141. The number of aromatic amines is 1. The molecular formula is C19H14ClF4N3O6. The summed E-state index contributed by atoms with van der Waals surface area (Å²) in [7, 11) is 0. The van der Waals surface area contributed by atoms with Crippen LogP contribution in [0.5, 0.6) is 17.4 Å². The highest BCUT2D eigenvalue weighted by molar-refractivity contribution is 6.32. The second-order valence-electron chi connectivity index (χ2n) is 5.98. The molecule has 1 aromatic carbocycles. The number of carbonyl (C=O) groups is 1. The van der Waals surface area contributed by atoms with Gasteiger partial charge in [-0.05, 0) is 18.2 Å². The maximum atomic E-state index is 14.5. The molecule has 0 aliphatic rings. The molecule has 0 spiro atoms. The van der Waals surface area contributed by atoms with Crippen molar-refractivity contribution in [3.63, 3.8) is 0 Å². The number of hydrogen-bond donors (Lipinski definition) is 2. The minimum absolute atomic E-state index is 0. The van der Waals surface area contributed by atoms with E-state index in [0.717, 1.165) is 6.07 Å². The number of pyridine rings is 1. The van der Waals surface area contributed by atoms with Crippen molar-refractivity contribution in [3.8, 4) is 23.1 Å². The van der Waals surface area contributed by atoms with E-state index in [1.807, 2.05) is 0 Å². The zero-order valence-corrected chi connectivity index (χ0v) is 16.2. The summed E-state index contributed by atoms with van der Waals surface area (Å²) in [4.78, 5) is 40.2. The van der Waals surface area contributed by atoms with Gasteiger partial charge in [0.05, 0.1) is 10.7 Å². The monoisotopic (exact) mass is 491 g/mol. The van der Waals surface area contributed by atoms with Crippen molar-refractivity contribution >= 4 is 17.6 Å². The van der Waals surface area contributed by atoms with Gasteiger partial charge < -0.3 is 19.6 Å². The number of aliphatic carboxylic acids is 1. The molecule has 14 heteroatoms. The molecule has 176 valence electrons. The average molecular weight is 492 g/mol. The number of rotatable bonds is 6. The van der Waals surface area contributed by atoms with Gasteiger partial charge in [-0.3, -0.25) is 4.79 Å². The lowest BCUT2D eigenvalue weighted by Gasteiger charge is -2.14.